The average molecular weight is 694 g/mol. The van der Waals surface area contributed by atoms with E-state index in [0.29, 0.717) is 0 Å². The van der Waals surface area contributed by atoms with Crippen molar-refractivity contribution in [3.05, 3.63) is 0 Å². The fourth-order valence-corrected chi connectivity index (χ4v) is 3.67. The number of ether oxygens (including phenoxy) is 4. The van der Waals surface area contributed by atoms with Crippen molar-refractivity contribution in [2.24, 2.45) is 0 Å². The molecule has 243 valence electrons. The third-order valence-corrected chi connectivity index (χ3v) is 4.93. The second-order valence-electron chi connectivity index (χ2n) is 8.32. The number of carboxylic acid groups (broad SMARTS) is 4. The van der Waals surface area contributed by atoms with Gasteiger partial charge in [-0.3, -0.25) is 8.97 Å². The van der Waals surface area contributed by atoms with Crippen molar-refractivity contribution >= 4 is 107 Å². The van der Waals surface area contributed by atoms with Crippen LogP contribution in [-0.4, -0.2) is 195 Å². The summed E-state index contributed by atoms with van der Waals surface area (Å²) in [5, 5.41) is 42.8. The molecule has 2 rings (SSSR count). The van der Waals surface area contributed by atoms with Gasteiger partial charge in [-0.15, -0.1) is 0 Å². The normalized spacial score (nSPS) is 17.1. The number of hydrogen-bond acceptors (Lipinski definition) is 18. The van der Waals surface area contributed by atoms with E-state index >= 15 is 0 Å². The van der Waals surface area contributed by atoms with Crippen LogP contribution in [0, 0.1) is 0 Å². The van der Waals surface area contributed by atoms with E-state index in [2.05, 4.69) is 18.9 Å². The van der Waals surface area contributed by atoms with Gasteiger partial charge in [0.05, 0.1) is 23.9 Å². The van der Waals surface area contributed by atoms with E-state index in [1.165, 1.54) is 0 Å². The molecule has 0 amide bonds. The van der Waals surface area contributed by atoms with Gasteiger partial charge in [0.25, 0.3) is 0 Å². The Morgan fingerprint density at radius 1 is 0.488 bits per heavy atom. The molecule has 0 aromatic carbocycles. The number of rotatable bonds is 8. The fraction of sp³-hybridized carbons (Fsp3) is 0.600. The van der Waals surface area contributed by atoms with E-state index < -0.39 is 109 Å². The maximum absolute atomic E-state index is 11.4. The van der Waals surface area contributed by atoms with E-state index in [0.717, 1.165) is 0 Å². The van der Waals surface area contributed by atoms with Crippen LogP contribution < -0.4 is 32.7 Å². The van der Waals surface area contributed by atoms with E-state index in [1.807, 2.05) is 0 Å². The number of cyclic esters (lactones) is 4. The van der Waals surface area contributed by atoms with Crippen molar-refractivity contribution in [3.8, 4) is 0 Å². The van der Waals surface area contributed by atoms with Crippen LogP contribution in [0.3, 0.4) is 0 Å². The molecule has 1 radical (unpaired) electrons. The number of esters is 4. The number of carboxylic acids is 4. The quantitative estimate of drug-likeness (QED) is 0.103. The van der Waals surface area contributed by atoms with Gasteiger partial charge in [0.1, 0.15) is 52.6 Å². The molecule has 2 fully saturated rings. The van der Waals surface area contributed by atoms with Gasteiger partial charge in [0, 0.05) is 17.1 Å². The summed E-state index contributed by atoms with van der Waals surface area (Å²) in [7, 11) is 0. The number of nitrogens with zero attached hydrogens (tertiary/aromatic N) is 2. The summed E-state index contributed by atoms with van der Waals surface area (Å²) in [4.78, 5) is 88.6. The zero-order chi connectivity index (χ0) is 28.9. The summed E-state index contributed by atoms with van der Waals surface area (Å²) in [6.07, 6.45) is 0. The Bertz CT molecular complexity index is 835. The summed E-state index contributed by atoms with van der Waals surface area (Å²) in [6, 6.07) is 0. The molecule has 2 aliphatic rings. The van der Waals surface area contributed by atoms with Crippen LogP contribution in [-0.2, 0) is 74.4 Å². The standard InChI is InChI=1S/2C10H13NO8.Cu.2H3N.2Na.2H/c2*12-7(13)3-11(4-8(14)15)5-9(16)18-1-2-19-10(17)6-11;;;;;;;/h2*1-6H2,(H-,12,13,14,15);;2*1H3;;;;/p-2. The van der Waals surface area contributed by atoms with Crippen molar-refractivity contribution < 1.29 is 104 Å². The number of carbonyl (C=O) groups excluding carboxylic acids is 8. The summed E-state index contributed by atoms with van der Waals surface area (Å²) < 4.78 is 16.9. The summed E-state index contributed by atoms with van der Waals surface area (Å²) in [5.41, 5.74) is 0. The number of hydrogen-bond donors (Lipinski definition) is 2. The van der Waals surface area contributed by atoms with Crippen LogP contribution in [0.5, 0.6) is 0 Å². The van der Waals surface area contributed by atoms with Crippen LogP contribution in [0.4, 0.5) is 0 Å². The van der Waals surface area contributed by atoms with Crippen LogP contribution in [0.15, 0.2) is 0 Å². The molecular weight excluding hydrogens is 662 g/mol. The molecule has 0 unspecified atom stereocenters. The minimum atomic E-state index is -1.60. The molecule has 0 aliphatic carbocycles. The first kappa shape index (κ1) is 50.7. The van der Waals surface area contributed by atoms with Gasteiger partial charge in [0.15, 0.2) is 26.2 Å². The second-order valence-corrected chi connectivity index (χ2v) is 8.32. The molecule has 2 heterocycles. The fourth-order valence-electron chi connectivity index (χ4n) is 3.67. The first-order valence-electron chi connectivity index (χ1n) is 10.8. The van der Waals surface area contributed by atoms with Crippen molar-refractivity contribution in [2.45, 2.75) is 0 Å². The summed E-state index contributed by atoms with van der Waals surface area (Å²) in [5.74, 6) is -9.66. The second kappa shape index (κ2) is 24.4. The van der Waals surface area contributed by atoms with Crippen molar-refractivity contribution in [1.82, 2.24) is 12.3 Å². The summed E-state index contributed by atoms with van der Waals surface area (Å²) in [6.45, 7) is -6.35. The van der Waals surface area contributed by atoms with Gasteiger partial charge >= 0.3 is 83.0 Å². The molecule has 2 saturated heterocycles. The molecule has 2 aliphatic heterocycles. The molecule has 43 heavy (non-hydrogen) atoms. The minimum absolute atomic E-state index is 0. The monoisotopic (exact) mass is 693 g/mol. The first-order valence-corrected chi connectivity index (χ1v) is 10.8. The third kappa shape index (κ3) is 21.5. The van der Waals surface area contributed by atoms with Crippen molar-refractivity contribution in [1.29, 1.82) is 0 Å². The van der Waals surface area contributed by atoms with Crippen molar-refractivity contribution in [3.63, 3.8) is 0 Å². The first-order chi connectivity index (χ1) is 17.7. The Labute approximate surface area is 299 Å². The van der Waals surface area contributed by atoms with Gasteiger partial charge in [0.2, 0.25) is 0 Å². The number of carbonyl (C=O) groups is 8. The average Bonchev–Trinajstić information content (AvgIpc) is 2.82. The van der Waals surface area contributed by atoms with Gasteiger partial charge in [-0.05, 0) is 0 Å². The molecule has 23 heteroatoms. The zero-order valence-electron chi connectivity index (χ0n) is 21.6. The van der Waals surface area contributed by atoms with E-state index in [-0.39, 0.29) is 115 Å². The van der Waals surface area contributed by atoms with Crippen molar-refractivity contribution in [2.75, 3.05) is 78.8 Å². The molecule has 0 bridgehead atoms. The topological polar surface area (TPSA) is 336 Å². The molecule has 20 nitrogen and oxygen atoms in total. The molecular formula is C20H32CuN4Na2O16-2. The molecule has 0 saturated carbocycles. The SMILES string of the molecule is N.N.O=C([O-])C[N+]1(CC(=O)[O-])CC(=O)OCCOC(=O)C1.O=C([O-])C[N+]1(CC(=O)[O-])CC(=O)OCCOC(=O)C1.[Cu].[NaH].[NaH]. The van der Waals surface area contributed by atoms with E-state index in [9.17, 15) is 58.8 Å². The van der Waals surface area contributed by atoms with Crippen LogP contribution in [0.25, 0.3) is 0 Å². The Hall–Kier alpha value is -1.88. The predicted molar refractivity (Wildman–Crippen MR) is 128 cm³/mol. The zero-order valence-corrected chi connectivity index (χ0v) is 22.6. The van der Waals surface area contributed by atoms with Crippen LogP contribution in [0.1, 0.15) is 0 Å². The third-order valence-electron chi connectivity index (χ3n) is 4.93. The van der Waals surface area contributed by atoms with Gasteiger partial charge in [-0.2, -0.15) is 0 Å². The van der Waals surface area contributed by atoms with Crippen LogP contribution in [0.2, 0.25) is 0 Å². The molecule has 0 spiro atoms. The Morgan fingerprint density at radius 2 is 0.651 bits per heavy atom. The maximum atomic E-state index is 11.4. The van der Waals surface area contributed by atoms with E-state index in [1.54, 1.807) is 0 Å². The Morgan fingerprint density at radius 3 is 0.791 bits per heavy atom. The molecule has 0 atom stereocenters. The van der Waals surface area contributed by atoms with Crippen LogP contribution >= 0.6 is 0 Å². The molecule has 6 N–H and O–H groups in total. The molecule has 0 aromatic heterocycles. The van der Waals surface area contributed by atoms with E-state index in [4.69, 9.17) is 0 Å². The number of aliphatic carboxylic acids is 4. The van der Waals surface area contributed by atoms with Gasteiger partial charge < -0.3 is 70.9 Å². The Kier molecular flexibility index (Phi) is 28.8. The Balaban J connectivity index is -0.000000201. The predicted octanol–water partition coefficient (Wildman–Crippen LogP) is -10.2. The summed E-state index contributed by atoms with van der Waals surface area (Å²) >= 11 is 0. The van der Waals surface area contributed by atoms with Gasteiger partial charge in [-0.25, -0.2) is 19.2 Å². The molecule has 0 aromatic rings. The van der Waals surface area contributed by atoms with Gasteiger partial charge in [-0.1, -0.05) is 0 Å². The number of quaternary nitrogens is 2.